The summed E-state index contributed by atoms with van der Waals surface area (Å²) in [5.74, 6) is 1.67. The third kappa shape index (κ3) is 6.58. The molecule has 0 bridgehead atoms. The number of rotatable bonds is 6. The molecule has 150 valence electrons. The molecule has 9 heteroatoms. The zero-order chi connectivity index (χ0) is 18.2. The third-order valence-electron chi connectivity index (χ3n) is 4.78. The molecule has 2 aromatic rings. The number of halogens is 1. The van der Waals surface area contributed by atoms with Crippen LogP contribution < -0.4 is 10.6 Å². The van der Waals surface area contributed by atoms with Crippen molar-refractivity contribution < 1.29 is 0 Å². The minimum absolute atomic E-state index is 0. The Hall–Kier alpha value is -1.46. The van der Waals surface area contributed by atoms with E-state index in [1.807, 2.05) is 28.8 Å². The monoisotopic (exact) mass is 486 g/mol. The second-order valence-electron chi connectivity index (χ2n) is 6.75. The number of hydrogen-bond acceptors (Lipinski definition) is 5. The van der Waals surface area contributed by atoms with E-state index in [-0.39, 0.29) is 24.0 Å². The van der Waals surface area contributed by atoms with E-state index < -0.39 is 0 Å². The van der Waals surface area contributed by atoms with Crippen molar-refractivity contribution in [2.24, 2.45) is 4.99 Å². The number of pyridine rings is 1. The van der Waals surface area contributed by atoms with Crippen molar-refractivity contribution in [2.45, 2.75) is 19.4 Å². The second kappa shape index (κ2) is 11.4. The standard InChI is InChI=1S/C18H30N8.HI/c1-19-18(20-8-5-10-25-11-6-9-24(2)13-14-25)21-15-17-23-22-16-7-3-4-12-26(16)17;/h3-4,7,12H,5-6,8-11,13-15H2,1-2H3,(H2,19,20,21);1H. The summed E-state index contributed by atoms with van der Waals surface area (Å²) in [7, 11) is 4.00. The van der Waals surface area contributed by atoms with Gasteiger partial charge >= 0.3 is 0 Å². The number of hydrogen-bond donors (Lipinski definition) is 2. The topological polar surface area (TPSA) is 73.1 Å². The minimum Gasteiger partial charge on any atom is -0.356 e. The summed E-state index contributed by atoms with van der Waals surface area (Å²) in [6.07, 6.45) is 4.35. The van der Waals surface area contributed by atoms with Crippen molar-refractivity contribution in [3.05, 3.63) is 30.2 Å². The average Bonchev–Trinajstić information content (AvgIpc) is 2.96. The van der Waals surface area contributed by atoms with Gasteiger partial charge in [-0.2, -0.15) is 0 Å². The number of nitrogens with zero attached hydrogens (tertiary/aromatic N) is 6. The first-order valence-corrected chi connectivity index (χ1v) is 9.40. The first-order chi connectivity index (χ1) is 12.8. The fraction of sp³-hybridized carbons (Fsp3) is 0.611. The van der Waals surface area contributed by atoms with E-state index in [1.165, 1.54) is 32.6 Å². The molecule has 3 rings (SSSR count). The van der Waals surface area contributed by atoms with Crippen molar-refractivity contribution in [1.29, 1.82) is 0 Å². The van der Waals surface area contributed by atoms with Gasteiger partial charge in [-0.25, -0.2) is 0 Å². The Kier molecular flexibility index (Phi) is 9.22. The first kappa shape index (κ1) is 21.8. The van der Waals surface area contributed by atoms with E-state index in [0.717, 1.165) is 36.9 Å². The van der Waals surface area contributed by atoms with Gasteiger partial charge in [0.05, 0.1) is 6.54 Å². The van der Waals surface area contributed by atoms with E-state index in [1.54, 1.807) is 7.05 Å². The summed E-state index contributed by atoms with van der Waals surface area (Å²) in [5, 5.41) is 15.1. The molecule has 0 radical (unpaired) electrons. The maximum absolute atomic E-state index is 4.29. The Balaban J connectivity index is 0.00000261. The van der Waals surface area contributed by atoms with Crippen molar-refractivity contribution in [3.8, 4) is 0 Å². The molecule has 2 N–H and O–H groups in total. The normalized spacial score (nSPS) is 16.7. The van der Waals surface area contributed by atoms with Gasteiger partial charge in [0.15, 0.2) is 17.4 Å². The third-order valence-corrected chi connectivity index (χ3v) is 4.78. The quantitative estimate of drug-likeness (QED) is 0.275. The predicted octanol–water partition coefficient (Wildman–Crippen LogP) is 1.04. The van der Waals surface area contributed by atoms with E-state index >= 15 is 0 Å². The molecule has 3 heterocycles. The van der Waals surface area contributed by atoms with Crippen LogP contribution in [0.4, 0.5) is 0 Å². The number of guanidine groups is 1. The van der Waals surface area contributed by atoms with Gasteiger partial charge in [-0.1, -0.05) is 6.07 Å². The molecule has 2 aromatic heterocycles. The van der Waals surface area contributed by atoms with Crippen LogP contribution in [-0.2, 0) is 6.54 Å². The smallest absolute Gasteiger partial charge is 0.191 e. The molecule has 0 saturated carbocycles. The highest BCUT2D eigenvalue weighted by Crippen LogP contribution is 2.03. The SMILES string of the molecule is CN=C(NCCCN1CCCN(C)CC1)NCc1nnc2ccccn12.I. The van der Waals surface area contributed by atoms with Crippen LogP contribution in [0.2, 0.25) is 0 Å². The first-order valence-electron chi connectivity index (χ1n) is 9.40. The van der Waals surface area contributed by atoms with Gasteiger partial charge in [-0.3, -0.25) is 9.39 Å². The van der Waals surface area contributed by atoms with Crippen molar-refractivity contribution in [3.63, 3.8) is 0 Å². The molecule has 0 atom stereocenters. The Morgan fingerprint density at radius 1 is 1.15 bits per heavy atom. The summed E-state index contributed by atoms with van der Waals surface area (Å²) in [6, 6.07) is 5.89. The van der Waals surface area contributed by atoms with Crippen molar-refractivity contribution in [2.75, 3.05) is 53.4 Å². The molecule has 0 aromatic carbocycles. The van der Waals surface area contributed by atoms with Gasteiger partial charge in [-0.15, -0.1) is 34.2 Å². The largest absolute Gasteiger partial charge is 0.356 e. The number of likely N-dealkylation sites (N-methyl/N-ethyl adjacent to an activating group) is 1. The fourth-order valence-electron chi connectivity index (χ4n) is 3.23. The van der Waals surface area contributed by atoms with Gasteiger partial charge in [0.2, 0.25) is 0 Å². The van der Waals surface area contributed by atoms with Crippen LogP contribution in [0, 0.1) is 0 Å². The van der Waals surface area contributed by atoms with E-state index in [0.29, 0.717) is 6.54 Å². The highest BCUT2D eigenvalue weighted by molar-refractivity contribution is 14.0. The summed E-state index contributed by atoms with van der Waals surface area (Å²) in [4.78, 5) is 9.27. The molecule has 1 saturated heterocycles. The van der Waals surface area contributed by atoms with Gasteiger partial charge in [0.1, 0.15) is 0 Å². The van der Waals surface area contributed by atoms with Crippen LogP contribution in [0.5, 0.6) is 0 Å². The highest BCUT2D eigenvalue weighted by Gasteiger charge is 2.11. The number of aromatic nitrogens is 3. The molecule has 0 amide bonds. The second-order valence-corrected chi connectivity index (χ2v) is 6.75. The van der Waals surface area contributed by atoms with E-state index in [2.05, 4.69) is 42.7 Å². The Morgan fingerprint density at radius 2 is 2.04 bits per heavy atom. The van der Waals surface area contributed by atoms with Crippen LogP contribution >= 0.6 is 24.0 Å². The van der Waals surface area contributed by atoms with Crippen LogP contribution in [0.25, 0.3) is 5.65 Å². The number of nitrogens with one attached hydrogen (secondary N) is 2. The molecule has 1 aliphatic rings. The molecule has 27 heavy (non-hydrogen) atoms. The number of fused-ring (bicyclic) bond motifs is 1. The molecule has 0 aliphatic carbocycles. The van der Waals surface area contributed by atoms with Crippen LogP contribution in [-0.4, -0.2) is 83.7 Å². The molecular weight excluding hydrogens is 455 g/mol. The van der Waals surface area contributed by atoms with E-state index in [4.69, 9.17) is 0 Å². The highest BCUT2D eigenvalue weighted by atomic mass is 127. The lowest BCUT2D eigenvalue weighted by Crippen LogP contribution is -2.39. The van der Waals surface area contributed by atoms with Crippen LogP contribution in [0.15, 0.2) is 29.4 Å². The van der Waals surface area contributed by atoms with Gasteiger partial charge in [0, 0.05) is 32.9 Å². The van der Waals surface area contributed by atoms with Crippen molar-refractivity contribution in [1.82, 2.24) is 35.0 Å². The van der Waals surface area contributed by atoms with Crippen LogP contribution in [0.1, 0.15) is 18.7 Å². The maximum Gasteiger partial charge on any atom is 0.191 e. The van der Waals surface area contributed by atoms with Gasteiger partial charge in [-0.05, 0) is 51.7 Å². The molecule has 0 unspecified atom stereocenters. The lowest BCUT2D eigenvalue weighted by atomic mass is 10.3. The van der Waals surface area contributed by atoms with Crippen molar-refractivity contribution >= 4 is 35.6 Å². The minimum atomic E-state index is 0. The zero-order valence-corrected chi connectivity index (χ0v) is 18.6. The lowest BCUT2D eigenvalue weighted by molar-refractivity contribution is 0.274. The van der Waals surface area contributed by atoms with Gasteiger partial charge in [0.25, 0.3) is 0 Å². The summed E-state index contributed by atoms with van der Waals surface area (Å²) < 4.78 is 1.98. The molecule has 1 fully saturated rings. The Labute approximate surface area is 178 Å². The Morgan fingerprint density at radius 3 is 2.89 bits per heavy atom. The summed E-state index contributed by atoms with van der Waals surface area (Å²) >= 11 is 0. The molecule has 8 nitrogen and oxygen atoms in total. The van der Waals surface area contributed by atoms with Crippen LogP contribution in [0.3, 0.4) is 0 Å². The molecule has 0 spiro atoms. The summed E-state index contributed by atoms with van der Waals surface area (Å²) in [6.45, 7) is 7.38. The Bertz CT molecular complexity index is 716. The summed E-state index contributed by atoms with van der Waals surface area (Å²) in [5.41, 5.74) is 0.857. The zero-order valence-electron chi connectivity index (χ0n) is 16.3. The predicted molar refractivity (Wildman–Crippen MR) is 120 cm³/mol. The average molecular weight is 486 g/mol. The molecular formula is C18H31IN8. The molecule has 1 aliphatic heterocycles. The number of aliphatic imine (C=N–C) groups is 1. The lowest BCUT2D eigenvalue weighted by Gasteiger charge is -2.20. The van der Waals surface area contributed by atoms with E-state index in [9.17, 15) is 0 Å². The maximum atomic E-state index is 4.29. The van der Waals surface area contributed by atoms with Gasteiger partial charge < -0.3 is 20.4 Å². The fourth-order valence-corrected chi connectivity index (χ4v) is 3.23.